The van der Waals surface area contributed by atoms with E-state index in [9.17, 15) is 13.6 Å². The Bertz CT molecular complexity index is 754. The molecule has 0 fully saturated rings. The van der Waals surface area contributed by atoms with E-state index < -0.39 is 17.5 Å². The summed E-state index contributed by atoms with van der Waals surface area (Å²) in [6.45, 7) is 0.446. The molecule has 2 aromatic rings. The lowest BCUT2D eigenvalue weighted by molar-refractivity contribution is -0.116. The van der Waals surface area contributed by atoms with E-state index >= 15 is 0 Å². The standard InChI is InChI=1S/C17H13F2NO3/c18-13-2-1-3-14(19)12(13)5-7-17(21)20-9-11-4-6-15-16(8-11)23-10-22-15/h1-8H,9-10H2,(H,20,21)/b7-5+. The van der Waals surface area contributed by atoms with Crippen LogP contribution in [0.5, 0.6) is 11.5 Å². The van der Waals surface area contributed by atoms with Gasteiger partial charge in [0.05, 0.1) is 0 Å². The van der Waals surface area contributed by atoms with E-state index in [4.69, 9.17) is 9.47 Å². The molecule has 2 aromatic carbocycles. The molecule has 0 spiro atoms. The van der Waals surface area contributed by atoms with Crippen LogP contribution in [-0.2, 0) is 11.3 Å². The maximum absolute atomic E-state index is 13.4. The molecule has 0 unspecified atom stereocenters. The third kappa shape index (κ3) is 3.48. The normalized spacial score (nSPS) is 12.6. The van der Waals surface area contributed by atoms with Gasteiger partial charge in [-0.3, -0.25) is 4.79 Å². The highest BCUT2D eigenvalue weighted by molar-refractivity contribution is 5.91. The predicted molar refractivity (Wildman–Crippen MR) is 79.8 cm³/mol. The summed E-state index contributed by atoms with van der Waals surface area (Å²) in [6, 6.07) is 8.85. The number of halogens is 2. The van der Waals surface area contributed by atoms with Gasteiger partial charge in [0.25, 0.3) is 0 Å². The average Bonchev–Trinajstić information content (AvgIpc) is 3.00. The molecule has 0 radical (unpaired) electrons. The van der Waals surface area contributed by atoms with Gasteiger partial charge in [-0.05, 0) is 35.9 Å². The number of hydrogen-bond donors (Lipinski definition) is 1. The van der Waals surface area contributed by atoms with Gasteiger partial charge < -0.3 is 14.8 Å². The summed E-state index contributed by atoms with van der Waals surface area (Å²) in [5, 5.41) is 2.63. The van der Waals surface area contributed by atoms with Crippen LogP contribution in [0.1, 0.15) is 11.1 Å². The molecule has 118 valence electrons. The van der Waals surface area contributed by atoms with Gasteiger partial charge in [-0.2, -0.15) is 0 Å². The molecule has 0 aliphatic carbocycles. The Balaban J connectivity index is 1.60. The van der Waals surface area contributed by atoms with Gasteiger partial charge >= 0.3 is 0 Å². The number of rotatable bonds is 4. The molecule has 0 saturated carbocycles. The predicted octanol–water partition coefficient (Wildman–Crippen LogP) is 3.02. The summed E-state index contributed by atoms with van der Waals surface area (Å²) in [6.07, 6.45) is 2.20. The van der Waals surface area contributed by atoms with Crippen LogP contribution in [0.15, 0.2) is 42.5 Å². The zero-order valence-electron chi connectivity index (χ0n) is 12.0. The van der Waals surface area contributed by atoms with Gasteiger partial charge in [0, 0.05) is 18.2 Å². The zero-order chi connectivity index (χ0) is 16.2. The van der Waals surface area contributed by atoms with E-state index in [0.717, 1.165) is 29.8 Å². The summed E-state index contributed by atoms with van der Waals surface area (Å²) in [5.41, 5.74) is 0.582. The molecule has 1 N–H and O–H groups in total. The van der Waals surface area contributed by atoms with E-state index in [0.29, 0.717) is 11.5 Å². The van der Waals surface area contributed by atoms with Gasteiger partial charge in [-0.25, -0.2) is 8.78 Å². The lowest BCUT2D eigenvalue weighted by atomic mass is 10.2. The van der Waals surface area contributed by atoms with Gasteiger partial charge in [0.2, 0.25) is 12.7 Å². The molecule has 1 amide bonds. The topological polar surface area (TPSA) is 47.6 Å². The van der Waals surface area contributed by atoms with Crippen molar-refractivity contribution in [3.63, 3.8) is 0 Å². The Hall–Kier alpha value is -2.89. The maximum atomic E-state index is 13.4. The van der Waals surface area contributed by atoms with Gasteiger partial charge in [0.1, 0.15) is 11.6 Å². The van der Waals surface area contributed by atoms with Crippen molar-refractivity contribution in [2.24, 2.45) is 0 Å². The quantitative estimate of drug-likeness (QED) is 0.882. The first-order chi connectivity index (χ1) is 11.1. The monoisotopic (exact) mass is 317 g/mol. The molecule has 4 nitrogen and oxygen atoms in total. The van der Waals surface area contributed by atoms with Crippen LogP contribution in [0.25, 0.3) is 6.08 Å². The number of amides is 1. The first-order valence-electron chi connectivity index (χ1n) is 6.92. The first kappa shape index (κ1) is 15.0. The molecule has 0 saturated heterocycles. The third-order valence-corrected chi connectivity index (χ3v) is 3.30. The molecular formula is C17H13F2NO3. The summed E-state index contributed by atoms with van der Waals surface area (Å²) in [7, 11) is 0. The number of hydrogen-bond acceptors (Lipinski definition) is 3. The maximum Gasteiger partial charge on any atom is 0.244 e. The molecule has 0 aromatic heterocycles. The minimum Gasteiger partial charge on any atom is -0.454 e. The first-order valence-corrected chi connectivity index (χ1v) is 6.92. The Morgan fingerprint density at radius 3 is 2.65 bits per heavy atom. The van der Waals surface area contributed by atoms with E-state index in [1.54, 1.807) is 18.2 Å². The number of nitrogens with one attached hydrogen (secondary N) is 1. The largest absolute Gasteiger partial charge is 0.454 e. The van der Waals surface area contributed by atoms with Crippen LogP contribution >= 0.6 is 0 Å². The second-order valence-electron chi connectivity index (χ2n) is 4.87. The molecule has 3 rings (SSSR count). The van der Waals surface area contributed by atoms with Crippen molar-refractivity contribution in [1.29, 1.82) is 0 Å². The minimum atomic E-state index is -0.718. The van der Waals surface area contributed by atoms with Crippen LogP contribution < -0.4 is 14.8 Å². The molecular weight excluding hydrogens is 304 g/mol. The van der Waals surface area contributed by atoms with Crippen LogP contribution in [0.2, 0.25) is 0 Å². The molecule has 1 aliphatic rings. The lowest BCUT2D eigenvalue weighted by Gasteiger charge is -2.04. The highest BCUT2D eigenvalue weighted by Crippen LogP contribution is 2.32. The average molecular weight is 317 g/mol. The van der Waals surface area contributed by atoms with Crippen LogP contribution in [-0.4, -0.2) is 12.7 Å². The summed E-state index contributed by atoms with van der Waals surface area (Å²) >= 11 is 0. The van der Waals surface area contributed by atoms with Gasteiger partial charge in [-0.1, -0.05) is 12.1 Å². The van der Waals surface area contributed by atoms with E-state index in [1.807, 2.05) is 0 Å². The Morgan fingerprint density at radius 1 is 1.13 bits per heavy atom. The fraction of sp³-hybridized carbons (Fsp3) is 0.118. The van der Waals surface area contributed by atoms with Gasteiger partial charge in [-0.15, -0.1) is 0 Å². The highest BCUT2D eigenvalue weighted by atomic mass is 19.1. The third-order valence-electron chi connectivity index (χ3n) is 3.30. The SMILES string of the molecule is O=C(/C=C/c1c(F)cccc1F)NCc1ccc2c(c1)OCO2. The fourth-order valence-corrected chi connectivity index (χ4v) is 2.13. The van der Waals surface area contributed by atoms with Crippen LogP contribution in [0.4, 0.5) is 8.78 Å². The molecule has 1 heterocycles. The molecule has 0 bridgehead atoms. The molecule has 6 heteroatoms. The van der Waals surface area contributed by atoms with Crippen molar-refractivity contribution < 1.29 is 23.0 Å². The van der Waals surface area contributed by atoms with Crippen LogP contribution in [0, 0.1) is 11.6 Å². The number of carbonyl (C=O) groups excluding carboxylic acids is 1. The number of fused-ring (bicyclic) bond motifs is 1. The van der Waals surface area contributed by atoms with Crippen molar-refractivity contribution in [3.05, 3.63) is 65.2 Å². The molecule has 1 aliphatic heterocycles. The lowest BCUT2D eigenvalue weighted by Crippen LogP contribution is -2.20. The Labute approximate surface area is 131 Å². The van der Waals surface area contributed by atoms with E-state index in [1.165, 1.54) is 6.07 Å². The Kier molecular flexibility index (Phi) is 4.23. The summed E-state index contributed by atoms with van der Waals surface area (Å²) in [4.78, 5) is 11.7. The second kappa shape index (κ2) is 6.48. The van der Waals surface area contributed by atoms with Crippen LogP contribution in [0.3, 0.4) is 0 Å². The second-order valence-corrected chi connectivity index (χ2v) is 4.87. The van der Waals surface area contributed by atoms with Crippen molar-refractivity contribution in [1.82, 2.24) is 5.32 Å². The van der Waals surface area contributed by atoms with Crippen molar-refractivity contribution >= 4 is 12.0 Å². The van der Waals surface area contributed by atoms with Gasteiger partial charge in [0.15, 0.2) is 11.5 Å². The van der Waals surface area contributed by atoms with Crippen molar-refractivity contribution in [2.75, 3.05) is 6.79 Å². The zero-order valence-corrected chi connectivity index (χ0v) is 12.0. The fourth-order valence-electron chi connectivity index (χ4n) is 2.13. The summed E-state index contributed by atoms with van der Waals surface area (Å²) in [5.74, 6) is -0.601. The van der Waals surface area contributed by atoms with Crippen molar-refractivity contribution in [3.8, 4) is 11.5 Å². The summed E-state index contributed by atoms with van der Waals surface area (Å²) < 4.78 is 37.3. The number of carbonyl (C=O) groups is 1. The van der Waals surface area contributed by atoms with Crippen molar-refractivity contribution in [2.45, 2.75) is 6.54 Å². The number of benzene rings is 2. The van der Waals surface area contributed by atoms with E-state index in [2.05, 4.69) is 5.32 Å². The van der Waals surface area contributed by atoms with E-state index in [-0.39, 0.29) is 18.9 Å². The minimum absolute atomic E-state index is 0.183. The smallest absolute Gasteiger partial charge is 0.244 e. The molecule has 23 heavy (non-hydrogen) atoms. The molecule has 0 atom stereocenters. The number of ether oxygens (including phenoxy) is 2. The Morgan fingerprint density at radius 2 is 1.87 bits per heavy atom. The highest BCUT2D eigenvalue weighted by Gasteiger charge is 2.13.